The molecule has 1 amide bonds. The van der Waals surface area contributed by atoms with E-state index in [0.29, 0.717) is 12.8 Å². The highest BCUT2D eigenvalue weighted by Gasteiger charge is 2.29. The summed E-state index contributed by atoms with van der Waals surface area (Å²) < 4.78 is 0. The summed E-state index contributed by atoms with van der Waals surface area (Å²) in [5.41, 5.74) is 0. The third kappa shape index (κ3) is 1.91. The van der Waals surface area contributed by atoms with E-state index in [4.69, 9.17) is 5.11 Å². The smallest absolute Gasteiger partial charge is 0.207 e. The molecule has 4 nitrogen and oxygen atoms in total. The van der Waals surface area contributed by atoms with Gasteiger partial charge < -0.3 is 15.5 Å². The number of carbonyl (C=O) groups excluding carboxylic acids is 1. The summed E-state index contributed by atoms with van der Waals surface area (Å²) in [6.07, 6.45) is 1.31. The largest absolute Gasteiger partial charge is 0.390 e. The molecule has 1 rings (SSSR count). The molecule has 0 aromatic heterocycles. The highest BCUT2D eigenvalue weighted by molar-refractivity contribution is 5.46. The molecule has 0 saturated heterocycles. The first-order valence-electron chi connectivity index (χ1n) is 3.81. The normalized spacial score (nSPS) is 38.2. The van der Waals surface area contributed by atoms with Crippen LogP contribution in [0.5, 0.6) is 0 Å². The third-order valence-electron chi connectivity index (χ3n) is 2.10. The van der Waals surface area contributed by atoms with Crippen LogP contribution in [0.2, 0.25) is 0 Å². The summed E-state index contributed by atoms with van der Waals surface area (Å²) in [6, 6.07) is -0.267. The molecule has 0 aliphatic heterocycles. The van der Waals surface area contributed by atoms with Crippen LogP contribution in [-0.4, -0.2) is 34.9 Å². The Labute approximate surface area is 65.2 Å². The molecule has 1 saturated carbocycles. The topological polar surface area (TPSA) is 69.6 Å². The van der Waals surface area contributed by atoms with E-state index in [1.54, 1.807) is 0 Å². The van der Waals surface area contributed by atoms with E-state index in [2.05, 4.69) is 5.32 Å². The molecule has 0 heterocycles. The second kappa shape index (κ2) is 3.69. The standard InChI is InChI=1S/C7H13NO3/c9-4-8-5-2-1-3-6(10)7(5)11/h4-7,10-11H,1-3H2,(H,8,9)/t5-,6-,7+/m1/s1. The van der Waals surface area contributed by atoms with Gasteiger partial charge in [-0.25, -0.2) is 0 Å². The number of aliphatic hydroxyl groups excluding tert-OH is 2. The Balaban J connectivity index is 2.43. The zero-order valence-electron chi connectivity index (χ0n) is 6.23. The molecule has 1 aliphatic carbocycles. The van der Waals surface area contributed by atoms with Gasteiger partial charge in [0.15, 0.2) is 0 Å². The predicted octanol–water partition coefficient (Wildman–Crippen LogP) is -0.993. The van der Waals surface area contributed by atoms with E-state index < -0.39 is 12.2 Å². The summed E-state index contributed by atoms with van der Waals surface area (Å²) in [5.74, 6) is 0. The maximum Gasteiger partial charge on any atom is 0.207 e. The van der Waals surface area contributed by atoms with Crippen molar-refractivity contribution in [3.63, 3.8) is 0 Å². The maximum absolute atomic E-state index is 10.0. The molecular weight excluding hydrogens is 146 g/mol. The van der Waals surface area contributed by atoms with Gasteiger partial charge in [0.1, 0.15) is 0 Å². The van der Waals surface area contributed by atoms with Gasteiger partial charge in [-0.05, 0) is 19.3 Å². The van der Waals surface area contributed by atoms with Gasteiger partial charge in [0, 0.05) is 0 Å². The van der Waals surface area contributed by atoms with Gasteiger partial charge in [0.25, 0.3) is 0 Å². The zero-order valence-corrected chi connectivity index (χ0v) is 6.23. The monoisotopic (exact) mass is 159 g/mol. The van der Waals surface area contributed by atoms with E-state index in [1.807, 2.05) is 0 Å². The second-order valence-corrected chi connectivity index (χ2v) is 2.88. The first kappa shape index (κ1) is 8.49. The molecule has 0 aromatic carbocycles. The van der Waals surface area contributed by atoms with Gasteiger partial charge in [-0.1, -0.05) is 0 Å². The number of carbonyl (C=O) groups is 1. The fourth-order valence-electron chi connectivity index (χ4n) is 1.43. The van der Waals surface area contributed by atoms with Crippen molar-refractivity contribution in [2.45, 2.75) is 37.5 Å². The Morgan fingerprint density at radius 1 is 1.36 bits per heavy atom. The van der Waals surface area contributed by atoms with Crippen LogP contribution >= 0.6 is 0 Å². The van der Waals surface area contributed by atoms with Gasteiger partial charge in [0.05, 0.1) is 18.2 Å². The lowest BCUT2D eigenvalue weighted by Crippen LogP contribution is -2.48. The fourth-order valence-corrected chi connectivity index (χ4v) is 1.43. The van der Waals surface area contributed by atoms with Gasteiger partial charge in [-0.2, -0.15) is 0 Å². The molecular formula is C7H13NO3. The van der Waals surface area contributed by atoms with Crippen molar-refractivity contribution in [1.29, 1.82) is 0 Å². The quantitative estimate of drug-likeness (QED) is 0.453. The van der Waals surface area contributed by atoms with Crippen LogP contribution in [0.1, 0.15) is 19.3 Å². The minimum Gasteiger partial charge on any atom is -0.390 e. The van der Waals surface area contributed by atoms with E-state index in [0.717, 1.165) is 12.8 Å². The molecule has 0 bridgehead atoms. The number of aliphatic hydroxyl groups is 2. The summed E-state index contributed by atoms with van der Waals surface area (Å²) in [5, 5.41) is 20.9. The molecule has 0 spiro atoms. The zero-order chi connectivity index (χ0) is 8.27. The van der Waals surface area contributed by atoms with Crippen LogP contribution in [0.3, 0.4) is 0 Å². The molecule has 1 fully saturated rings. The van der Waals surface area contributed by atoms with Crippen molar-refractivity contribution in [2.24, 2.45) is 0 Å². The lowest BCUT2D eigenvalue weighted by Gasteiger charge is -2.30. The molecule has 0 radical (unpaired) electrons. The minimum absolute atomic E-state index is 0.267. The van der Waals surface area contributed by atoms with E-state index >= 15 is 0 Å². The van der Waals surface area contributed by atoms with Crippen LogP contribution in [-0.2, 0) is 4.79 Å². The first-order chi connectivity index (χ1) is 5.25. The highest BCUT2D eigenvalue weighted by atomic mass is 16.3. The highest BCUT2D eigenvalue weighted by Crippen LogP contribution is 2.18. The van der Waals surface area contributed by atoms with Gasteiger partial charge in [0.2, 0.25) is 6.41 Å². The summed E-state index contributed by atoms with van der Waals surface area (Å²) in [6.45, 7) is 0. The van der Waals surface area contributed by atoms with Crippen molar-refractivity contribution < 1.29 is 15.0 Å². The number of rotatable bonds is 2. The van der Waals surface area contributed by atoms with Crippen LogP contribution < -0.4 is 5.32 Å². The molecule has 0 aromatic rings. The average molecular weight is 159 g/mol. The van der Waals surface area contributed by atoms with E-state index in [9.17, 15) is 9.90 Å². The summed E-state index contributed by atoms with van der Waals surface area (Å²) >= 11 is 0. The van der Waals surface area contributed by atoms with Crippen LogP contribution in [0, 0.1) is 0 Å². The SMILES string of the molecule is O=CN[C@@H]1CCC[C@@H](O)[C@H]1O. The lowest BCUT2D eigenvalue weighted by molar-refractivity contribution is -0.112. The number of amides is 1. The molecule has 3 atom stereocenters. The molecule has 1 aliphatic rings. The van der Waals surface area contributed by atoms with Gasteiger partial charge >= 0.3 is 0 Å². The lowest BCUT2D eigenvalue weighted by atomic mass is 9.90. The van der Waals surface area contributed by atoms with E-state index in [1.165, 1.54) is 0 Å². The summed E-state index contributed by atoms with van der Waals surface area (Å²) in [7, 11) is 0. The first-order valence-corrected chi connectivity index (χ1v) is 3.81. The average Bonchev–Trinajstić information content (AvgIpc) is 1.99. The van der Waals surface area contributed by atoms with Crippen LogP contribution in [0.25, 0.3) is 0 Å². The Bertz CT molecular complexity index is 140. The number of nitrogens with one attached hydrogen (secondary N) is 1. The van der Waals surface area contributed by atoms with Crippen molar-refractivity contribution in [2.75, 3.05) is 0 Å². The minimum atomic E-state index is -0.797. The van der Waals surface area contributed by atoms with Crippen LogP contribution in [0.15, 0.2) is 0 Å². The van der Waals surface area contributed by atoms with Crippen molar-refractivity contribution in [3.05, 3.63) is 0 Å². The number of hydrogen-bond donors (Lipinski definition) is 3. The third-order valence-corrected chi connectivity index (χ3v) is 2.10. The maximum atomic E-state index is 10.0. The Kier molecular flexibility index (Phi) is 2.84. The number of hydrogen-bond acceptors (Lipinski definition) is 3. The Morgan fingerprint density at radius 3 is 2.73 bits per heavy atom. The predicted molar refractivity (Wildman–Crippen MR) is 38.9 cm³/mol. The summed E-state index contributed by atoms with van der Waals surface area (Å²) in [4.78, 5) is 10.0. The van der Waals surface area contributed by atoms with Gasteiger partial charge in [-0.3, -0.25) is 4.79 Å². The molecule has 11 heavy (non-hydrogen) atoms. The van der Waals surface area contributed by atoms with Crippen molar-refractivity contribution in [3.8, 4) is 0 Å². The molecule has 3 N–H and O–H groups in total. The fraction of sp³-hybridized carbons (Fsp3) is 0.857. The van der Waals surface area contributed by atoms with E-state index in [-0.39, 0.29) is 6.04 Å². The van der Waals surface area contributed by atoms with Crippen molar-refractivity contribution >= 4 is 6.41 Å². The van der Waals surface area contributed by atoms with Gasteiger partial charge in [-0.15, -0.1) is 0 Å². The van der Waals surface area contributed by atoms with Crippen LogP contribution in [0.4, 0.5) is 0 Å². The Hall–Kier alpha value is -0.610. The second-order valence-electron chi connectivity index (χ2n) is 2.88. The molecule has 64 valence electrons. The Morgan fingerprint density at radius 2 is 2.09 bits per heavy atom. The van der Waals surface area contributed by atoms with Crippen molar-refractivity contribution in [1.82, 2.24) is 5.32 Å². The molecule has 0 unspecified atom stereocenters. The molecule has 4 heteroatoms.